The topological polar surface area (TPSA) is 84.1 Å². The van der Waals surface area contributed by atoms with Crippen LogP contribution in [0.15, 0.2) is 18.3 Å². The van der Waals surface area contributed by atoms with E-state index in [1.165, 1.54) is 0 Å². The molecule has 0 aromatic carbocycles. The van der Waals surface area contributed by atoms with Crippen molar-refractivity contribution in [1.29, 1.82) is 0 Å². The van der Waals surface area contributed by atoms with Crippen molar-refractivity contribution in [2.45, 2.75) is 45.2 Å². The maximum atomic E-state index is 12.3. The monoisotopic (exact) mass is 327 g/mol. The zero-order valence-electron chi connectivity index (χ0n) is 13.2. The smallest absolute Gasteiger partial charge is 0.239 e. The van der Waals surface area contributed by atoms with E-state index in [0.717, 1.165) is 38.2 Å². The van der Waals surface area contributed by atoms with Gasteiger partial charge in [-0.05, 0) is 37.3 Å². The number of hydrogen-bond acceptors (Lipinski definition) is 5. The van der Waals surface area contributed by atoms with Crippen molar-refractivity contribution in [2.24, 2.45) is 11.7 Å². The number of nitrogens with two attached hydrogens (primary N) is 1. The van der Waals surface area contributed by atoms with Crippen LogP contribution < -0.4 is 11.1 Å². The molecule has 1 aliphatic rings. The van der Waals surface area contributed by atoms with Crippen LogP contribution in [0.4, 0.5) is 5.82 Å². The number of carbonyl (C=O) groups is 1. The molecule has 22 heavy (non-hydrogen) atoms. The molecule has 2 rings (SSSR count). The first kappa shape index (κ1) is 18.6. The molecule has 0 radical (unpaired) electrons. The first-order chi connectivity index (χ1) is 10.1. The van der Waals surface area contributed by atoms with Crippen LogP contribution in [0.3, 0.4) is 0 Å². The Kier molecular flexibility index (Phi) is 7.55. The second-order valence-electron chi connectivity index (χ2n) is 6.09. The quantitative estimate of drug-likeness (QED) is 0.859. The number of nitrogens with zero attached hydrogens (tertiary/aromatic N) is 3. The number of piperidine rings is 1. The predicted octanol–water partition coefficient (Wildman–Crippen LogP) is 1.67. The lowest BCUT2D eigenvalue weighted by Crippen LogP contribution is -2.49. The Morgan fingerprint density at radius 1 is 1.45 bits per heavy atom. The summed E-state index contributed by atoms with van der Waals surface area (Å²) in [4.78, 5) is 14.1. The van der Waals surface area contributed by atoms with Gasteiger partial charge in [0.15, 0.2) is 0 Å². The highest BCUT2D eigenvalue weighted by Gasteiger charge is 2.26. The molecule has 0 unspecified atom stereocenters. The van der Waals surface area contributed by atoms with Crippen molar-refractivity contribution in [3.8, 4) is 0 Å². The average molecular weight is 328 g/mol. The van der Waals surface area contributed by atoms with Gasteiger partial charge in [-0.2, -0.15) is 5.10 Å². The molecule has 2 heterocycles. The molecule has 1 fully saturated rings. The van der Waals surface area contributed by atoms with Gasteiger partial charge in [-0.3, -0.25) is 4.79 Å². The summed E-state index contributed by atoms with van der Waals surface area (Å²) in [7, 11) is 0. The number of rotatable bonds is 5. The third kappa shape index (κ3) is 5.42. The van der Waals surface area contributed by atoms with Gasteiger partial charge in [0.05, 0.1) is 6.04 Å². The SMILES string of the molecule is CC(C)C[C@H](N)C(=O)N1CCC(Nc2cccnn2)CC1.Cl. The standard InChI is InChI=1S/C15H25N5O.ClH/c1-11(2)10-13(16)15(21)20-8-5-12(6-9-20)18-14-4-3-7-17-19-14;/h3-4,7,11-13H,5-6,8-10,16H2,1-2H3,(H,18,19);1H/t13-;/m0./s1. The van der Waals surface area contributed by atoms with Crippen LogP contribution in [-0.4, -0.2) is 46.2 Å². The second kappa shape index (κ2) is 8.90. The molecule has 7 heteroatoms. The summed E-state index contributed by atoms with van der Waals surface area (Å²) in [5, 5.41) is 11.2. The number of carbonyl (C=O) groups excluding carboxylic acids is 1. The average Bonchev–Trinajstić information content (AvgIpc) is 2.47. The van der Waals surface area contributed by atoms with Crippen LogP contribution in [-0.2, 0) is 4.79 Å². The largest absolute Gasteiger partial charge is 0.366 e. The van der Waals surface area contributed by atoms with Crippen LogP contribution in [0.25, 0.3) is 0 Å². The van der Waals surface area contributed by atoms with Crippen LogP contribution in [0.5, 0.6) is 0 Å². The minimum atomic E-state index is -0.366. The minimum absolute atomic E-state index is 0. The Morgan fingerprint density at radius 3 is 2.68 bits per heavy atom. The molecule has 6 nitrogen and oxygen atoms in total. The molecule has 0 aliphatic carbocycles. The van der Waals surface area contributed by atoms with E-state index in [0.29, 0.717) is 12.0 Å². The van der Waals surface area contributed by atoms with E-state index in [-0.39, 0.29) is 24.4 Å². The highest BCUT2D eigenvalue weighted by atomic mass is 35.5. The van der Waals surface area contributed by atoms with E-state index >= 15 is 0 Å². The zero-order valence-corrected chi connectivity index (χ0v) is 14.1. The molecule has 1 aliphatic heterocycles. The van der Waals surface area contributed by atoms with E-state index < -0.39 is 0 Å². The lowest BCUT2D eigenvalue weighted by Gasteiger charge is -2.34. The Hall–Kier alpha value is -1.40. The van der Waals surface area contributed by atoms with Gasteiger partial charge >= 0.3 is 0 Å². The summed E-state index contributed by atoms with van der Waals surface area (Å²) < 4.78 is 0. The summed E-state index contributed by atoms with van der Waals surface area (Å²) in [6.45, 7) is 5.68. The van der Waals surface area contributed by atoms with Crippen molar-refractivity contribution in [2.75, 3.05) is 18.4 Å². The molecule has 124 valence electrons. The van der Waals surface area contributed by atoms with E-state index in [1.54, 1.807) is 6.20 Å². The lowest BCUT2D eigenvalue weighted by atomic mass is 10.0. The molecule has 1 saturated heterocycles. The Labute approximate surface area is 138 Å². The van der Waals surface area contributed by atoms with Gasteiger partial charge in [-0.25, -0.2) is 0 Å². The van der Waals surface area contributed by atoms with Crippen molar-refractivity contribution < 1.29 is 4.79 Å². The number of amides is 1. The van der Waals surface area contributed by atoms with Gasteiger partial charge in [0.2, 0.25) is 5.91 Å². The maximum Gasteiger partial charge on any atom is 0.239 e. The number of aromatic nitrogens is 2. The second-order valence-corrected chi connectivity index (χ2v) is 6.09. The van der Waals surface area contributed by atoms with E-state index in [1.807, 2.05) is 17.0 Å². The van der Waals surface area contributed by atoms with Gasteiger partial charge in [-0.1, -0.05) is 13.8 Å². The number of anilines is 1. The molecule has 1 aromatic heterocycles. The third-order valence-corrected chi connectivity index (χ3v) is 3.77. The molecule has 0 bridgehead atoms. The number of likely N-dealkylation sites (tertiary alicyclic amines) is 1. The van der Waals surface area contributed by atoms with Crippen LogP contribution in [0.2, 0.25) is 0 Å². The lowest BCUT2D eigenvalue weighted by molar-refractivity contribution is -0.133. The fraction of sp³-hybridized carbons (Fsp3) is 0.667. The van der Waals surface area contributed by atoms with Gasteiger partial charge < -0.3 is 16.0 Å². The summed E-state index contributed by atoms with van der Waals surface area (Å²) in [5.74, 6) is 1.32. The zero-order chi connectivity index (χ0) is 15.2. The minimum Gasteiger partial charge on any atom is -0.366 e. The normalized spacial score (nSPS) is 17.0. The molecular weight excluding hydrogens is 302 g/mol. The Morgan fingerprint density at radius 2 is 2.14 bits per heavy atom. The molecule has 0 saturated carbocycles. The van der Waals surface area contributed by atoms with Crippen molar-refractivity contribution in [3.63, 3.8) is 0 Å². The summed E-state index contributed by atoms with van der Waals surface area (Å²) in [6, 6.07) is 3.74. The van der Waals surface area contributed by atoms with Gasteiger partial charge in [-0.15, -0.1) is 17.5 Å². The Balaban J connectivity index is 0.00000242. The fourth-order valence-corrected chi connectivity index (χ4v) is 2.68. The van der Waals surface area contributed by atoms with E-state index in [4.69, 9.17) is 5.73 Å². The van der Waals surface area contributed by atoms with Gasteiger partial charge in [0.1, 0.15) is 5.82 Å². The molecule has 0 spiro atoms. The van der Waals surface area contributed by atoms with E-state index in [2.05, 4.69) is 29.4 Å². The molecular formula is C15H26ClN5O. The highest BCUT2D eigenvalue weighted by molar-refractivity contribution is 5.85. The van der Waals surface area contributed by atoms with Crippen LogP contribution in [0, 0.1) is 5.92 Å². The van der Waals surface area contributed by atoms with Gasteiger partial charge in [0.25, 0.3) is 0 Å². The molecule has 1 aromatic rings. The van der Waals surface area contributed by atoms with Crippen LogP contribution in [0.1, 0.15) is 33.1 Å². The Bertz CT molecular complexity index is 449. The van der Waals surface area contributed by atoms with E-state index in [9.17, 15) is 4.79 Å². The first-order valence-electron chi connectivity index (χ1n) is 7.65. The molecule has 1 amide bonds. The number of hydrogen-bond donors (Lipinski definition) is 2. The third-order valence-electron chi connectivity index (χ3n) is 3.77. The van der Waals surface area contributed by atoms with Crippen molar-refractivity contribution >= 4 is 24.1 Å². The number of halogens is 1. The summed E-state index contributed by atoms with van der Waals surface area (Å²) >= 11 is 0. The number of nitrogens with one attached hydrogen (secondary N) is 1. The molecule has 1 atom stereocenters. The fourth-order valence-electron chi connectivity index (χ4n) is 2.68. The summed E-state index contributed by atoms with van der Waals surface area (Å²) in [5.41, 5.74) is 5.98. The predicted molar refractivity (Wildman–Crippen MR) is 89.9 cm³/mol. The van der Waals surface area contributed by atoms with Gasteiger partial charge in [0, 0.05) is 25.3 Å². The maximum absolute atomic E-state index is 12.3. The van der Waals surface area contributed by atoms with Crippen molar-refractivity contribution in [3.05, 3.63) is 18.3 Å². The molecule has 3 N–H and O–H groups in total. The highest BCUT2D eigenvalue weighted by Crippen LogP contribution is 2.16. The van der Waals surface area contributed by atoms with Crippen molar-refractivity contribution in [1.82, 2.24) is 15.1 Å². The van der Waals surface area contributed by atoms with Crippen LogP contribution >= 0.6 is 12.4 Å². The summed E-state index contributed by atoms with van der Waals surface area (Å²) in [6.07, 6.45) is 4.23. The first-order valence-corrected chi connectivity index (χ1v) is 7.65.